The fourth-order valence-electron chi connectivity index (χ4n) is 1.07. The minimum atomic E-state index is -0.0613. The lowest BCUT2D eigenvalue weighted by Gasteiger charge is -2.04. The highest BCUT2D eigenvalue weighted by Gasteiger charge is 2.05. The van der Waals surface area contributed by atoms with Gasteiger partial charge in [-0.1, -0.05) is 24.6 Å². The van der Waals surface area contributed by atoms with E-state index >= 15 is 0 Å². The SMILES string of the molecule is CCCNC(=O)c1ccc(C)c(Cl)c1. The smallest absolute Gasteiger partial charge is 0.251 e. The molecule has 1 rings (SSSR count). The molecule has 0 radical (unpaired) electrons. The van der Waals surface area contributed by atoms with Gasteiger partial charge in [0.2, 0.25) is 0 Å². The predicted octanol–water partition coefficient (Wildman–Crippen LogP) is 2.79. The van der Waals surface area contributed by atoms with Crippen molar-refractivity contribution in [3.63, 3.8) is 0 Å². The minimum Gasteiger partial charge on any atom is -0.352 e. The Kier molecular flexibility index (Phi) is 3.96. The van der Waals surface area contributed by atoms with Crippen LogP contribution in [0.3, 0.4) is 0 Å². The van der Waals surface area contributed by atoms with Crippen LogP contribution in [-0.4, -0.2) is 12.5 Å². The fraction of sp³-hybridized carbons (Fsp3) is 0.364. The molecule has 14 heavy (non-hydrogen) atoms. The summed E-state index contributed by atoms with van der Waals surface area (Å²) in [5.41, 5.74) is 1.60. The monoisotopic (exact) mass is 211 g/mol. The van der Waals surface area contributed by atoms with Crippen LogP contribution >= 0.6 is 11.6 Å². The van der Waals surface area contributed by atoms with Crippen LogP contribution in [0.1, 0.15) is 29.3 Å². The third-order valence-corrected chi connectivity index (χ3v) is 2.38. The highest BCUT2D eigenvalue weighted by molar-refractivity contribution is 6.31. The zero-order valence-electron chi connectivity index (χ0n) is 8.43. The van der Waals surface area contributed by atoms with E-state index in [-0.39, 0.29) is 5.91 Å². The maximum atomic E-state index is 11.5. The Morgan fingerprint density at radius 1 is 1.50 bits per heavy atom. The number of rotatable bonds is 3. The number of amides is 1. The molecule has 0 aromatic heterocycles. The molecule has 1 N–H and O–H groups in total. The van der Waals surface area contributed by atoms with Gasteiger partial charge in [-0.15, -0.1) is 0 Å². The van der Waals surface area contributed by atoms with E-state index in [1.54, 1.807) is 12.1 Å². The molecule has 0 bridgehead atoms. The molecule has 0 spiro atoms. The van der Waals surface area contributed by atoms with E-state index < -0.39 is 0 Å². The average Bonchev–Trinajstić information content (AvgIpc) is 2.18. The van der Waals surface area contributed by atoms with Crippen LogP contribution < -0.4 is 5.32 Å². The molecule has 0 aliphatic rings. The third kappa shape index (κ3) is 2.74. The summed E-state index contributed by atoms with van der Waals surface area (Å²) in [6, 6.07) is 5.33. The first kappa shape index (κ1) is 11.1. The van der Waals surface area contributed by atoms with Gasteiger partial charge < -0.3 is 5.32 Å². The summed E-state index contributed by atoms with van der Waals surface area (Å²) in [4.78, 5) is 11.5. The van der Waals surface area contributed by atoms with E-state index in [1.165, 1.54) is 0 Å². The Bertz CT molecular complexity index is 336. The maximum absolute atomic E-state index is 11.5. The van der Waals surface area contributed by atoms with Gasteiger partial charge in [0.1, 0.15) is 0 Å². The Balaban J connectivity index is 2.76. The number of halogens is 1. The second-order valence-electron chi connectivity index (χ2n) is 3.22. The summed E-state index contributed by atoms with van der Waals surface area (Å²) in [6.45, 7) is 4.63. The topological polar surface area (TPSA) is 29.1 Å². The molecule has 3 heteroatoms. The molecular formula is C11H14ClNO. The van der Waals surface area contributed by atoms with Crippen molar-refractivity contribution in [2.45, 2.75) is 20.3 Å². The lowest BCUT2D eigenvalue weighted by molar-refractivity contribution is 0.0953. The summed E-state index contributed by atoms with van der Waals surface area (Å²) in [7, 11) is 0. The van der Waals surface area contributed by atoms with E-state index in [1.807, 2.05) is 19.9 Å². The number of carbonyl (C=O) groups is 1. The van der Waals surface area contributed by atoms with E-state index in [0.717, 1.165) is 12.0 Å². The Hall–Kier alpha value is -1.02. The molecule has 0 saturated heterocycles. The highest BCUT2D eigenvalue weighted by Crippen LogP contribution is 2.16. The maximum Gasteiger partial charge on any atom is 0.251 e. The summed E-state index contributed by atoms with van der Waals surface area (Å²) in [6.07, 6.45) is 0.936. The lowest BCUT2D eigenvalue weighted by Crippen LogP contribution is -2.23. The molecule has 1 aromatic rings. The first-order valence-corrected chi connectivity index (χ1v) is 5.07. The quantitative estimate of drug-likeness (QED) is 0.819. The number of aryl methyl sites for hydroxylation is 1. The second kappa shape index (κ2) is 5.01. The number of nitrogens with one attached hydrogen (secondary N) is 1. The van der Waals surface area contributed by atoms with Crippen molar-refractivity contribution in [2.24, 2.45) is 0 Å². The third-order valence-electron chi connectivity index (χ3n) is 1.97. The van der Waals surface area contributed by atoms with Gasteiger partial charge in [0.05, 0.1) is 0 Å². The largest absolute Gasteiger partial charge is 0.352 e. The van der Waals surface area contributed by atoms with Crippen LogP contribution in [0.5, 0.6) is 0 Å². The van der Waals surface area contributed by atoms with Gasteiger partial charge in [-0.05, 0) is 31.0 Å². The highest BCUT2D eigenvalue weighted by atomic mass is 35.5. The van der Waals surface area contributed by atoms with Crippen molar-refractivity contribution >= 4 is 17.5 Å². The molecule has 0 fully saturated rings. The van der Waals surface area contributed by atoms with Crippen molar-refractivity contribution in [1.82, 2.24) is 5.32 Å². The Labute approximate surface area is 89.3 Å². The number of hydrogen-bond acceptors (Lipinski definition) is 1. The molecule has 0 atom stereocenters. The first-order valence-electron chi connectivity index (χ1n) is 4.69. The second-order valence-corrected chi connectivity index (χ2v) is 3.63. The molecule has 0 heterocycles. The van der Waals surface area contributed by atoms with Gasteiger partial charge in [0.15, 0.2) is 0 Å². The molecule has 1 aromatic carbocycles. The molecule has 0 aliphatic carbocycles. The van der Waals surface area contributed by atoms with Crippen molar-refractivity contribution in [2.75, 3.05) is 6.54 Å². The van der Waals surface area contributed by atoms with Gasteiger partial charge in [-0.2, -0.15) is 0 Å². The molecule has 1 amide bonds. The first-order chi connectivity index (χ1) is 6.65. The Morgan fingerprint density at radius 3 is 2.79 bits per heavy atom. The number of carbonyl (C=O) groups excluding carboxylic acids is 1. The number of benzene rings is 1. The number of hydrogen-bond donors (Lipinski definition) is 1. The van der Waals surface area contributed by atoms with Crippen LogP contribution in [0.2, 0.25) is 5.02 Å². The zero-order chi connectivity index (χ0) is 10.6. The van der Waals surface area contributed by atoms with Crippen LogP contribution in [0.15, 0.2) is 18.2 Å². The fourth-order valence-corrected chi connectivity index (χ4v) is 1.26. The predicted molar refractivity (Wildman–Crippen MR) is 58.8 cm³/mol. The average molecular weight is 212 g/mol. The summed E-state index contributed by atoms with van der Waals surface area (Å²) >= 11 is 5.91. The van der Waals surface area contributed by atoms with Crippen LogP contribution in [0, 0.1) is 6.92 Å². The van der Waals surface area contributed by atoms with Gasteiger partial charge in [0, 0.05) is 17.1 Å². The van der Waals surface area contributed by atoms with E-state index in [4.69, 9.17) is 11.6 Å². The summed E-state index contributed by atoms with van der Waals surface area (Å²) in [5.74, 6) is -0.0613. The van der Waals surface area contributed by atoms with E-state index in [2.05, 4.69) is 5.32 Å². The molecule has 0 aliphatic heterocycles. The molecule has 76 valence electrons. The van der Waals surface area contributed by atoms with Gasteiger partial charge in [-0.25, -0.2) is 0 Å². The zero-order valence-corrected chi connectivity index (χ0v) is 9.19. The van der Waals surface area contributed by atoms with Gasteiger partial charge >= 0.3 is 0 Å². The van der Waals surface area contributed by atoms with Crippen molar-refractivity contribution < 1.29 is 4.79 Å². The normalized spacial score (nSPS) is 9.93. The standard InChI is InChI=1S/C11H14ClNO/c1-3-6-13-11(14)9-5-4-8(2)10(12)7-9/h4-5,7H,3,6H2,1-2H3,(H,13,14). The molecular weight excluding hydrogens is 198 g/mol. The van der Waals surface area contributed by atoms with Crippen molar-refractivity contribution in [3.8, 4) is 0 Å². The summed E-state index contributed by atoms with van der Waals surface area (Å²) < 4.78 is 0. The van der Waals surface area contributed by atoms with Gasteiger partial charge in [-0.3, -0.25) is 4.79 Å². The van der Waals surface area contributed by atoms with E-state index in [9.17, 15) is 4.79 Å². The molecule has 0 saturated carbocycles. The summed E-state index contributed by atoms with van der Waals surface area (Å²) in [5, 5.41) is 3.43. The molecule has 0 unspecified atom stereocenters. The lowest BCUT2D eigenvalue weighted by atomic mass is 10.1. The Morgan fingerprint density at radius 2 is 2.21 bits per heavy atom. The van der Waals surface area contributed by atoms with Crippen molar-refractivity contribution in [3.05, 3.63) is 34.3 Å². The van der Waals surface area contributed by atoms with Crippen LogP contribution in [0.25, 0.3) is 0 Å². The minimum absolute atomic E-state index is 0.0613. The van der Waals surface area contributed by atoms with E-state index in [0.29, 0.717) is 17.1 Å². The van der Waals surface area contributed by atoms with Gasteiger partial charge in [0.25, 0.3) is 5.91 Å². The van der Waals surface area contributed by atoms with Crippen molar-refractivity contribution in [1.29, 1.82) is 0 Å². The van der Waals surface area contributed by atoms with Crippen LogP contribution in [0.4, 0.5) is 0 Å². The molecule has 2 nitrogen and oxygen atoms in total. The van der Waals surface area contributed by atoms with Crippen LogP contribution in [-0.2, 0) is 0 Å².